The third-order valence-corrected chi connectivity index (χ3v) is 3.82. The SMILES string of the molecule is CN(C)C(c1cc(Br)cs1)C(C)(C)N. The minimum Gasteiger partial charge on any atom is -0.324 e. The fraction of sp³-hybridized carbons (Fsp3) is 0.600. The van der Waals surface area contributed by atoms with E-state index in [-0.39, 0.29) is 11.6 Å². The Bertz CT molecular complexity index is 301. The van der Waals surface area contributed by atoms with Crippen LogP contribution in [0.1, 0.15) is 24.8 Å². The van der Waals surface area contributed by atoms with E-state index >= 15 is 0 Å². The molecule has 1 rings (SSSR count). The Labute approximate surface area is 98.2 Å². The van der Waals surface area contributed by atoms with Crippen LogP contribution in [-0.2, 0) is 0 Å². The topological polar surface area (TPSA) is 29.3 Å². The molecule has 0 bridgehead atoms. The predicted octanol–water partition coefficient (Wildman–Crippen LogP) is 2.85. The number of halogens is 1. The van der Waals surface area contributed by atoms with E-state index in [0.29, 0.717) is 0 Å². The van der Waals surface area contributed by atoms with Gasteiger partial charge in [0, 0.05) is 20.3 Å². The second-order valence-corrected chi connectivity index (χ2v) is 6.21. The molecule has 0 aromatic carbocycles. The molecule has 1 atom stereocenters. The lowest BCUT2D eigenvalue weighted by atomic mass is 9.94. The highest BCUT2D eigenvalue weighted by Crippen LogP contribution is 2.34. The number of nitrogens with two attached hydrogens (primary N) is 1. The van der Waals surface area contributed by atoms with Crippen molar-refractivity contribution in [1.29, 1.82) is 0 Å². The summed E-state index contributed by atoms with van der Waals surface area (Å²) in [5.74, 6) is 0. The molecule has 2 N–H and O–H groups in total. The van der Waals surface area contributed by atoms with E-state index in [1.54, 1.807) is 11.3 Å². The van der Waals surface area contributed by atoms with E-state index < -0.39 is 0 Å². The molecule has 1 aromatic rings. The van der Waals surface area contributed by atoms with Gasteiger partial charge in [-0.3, -0.25) is 0 Å². The predicted molar refractivity (Wildman–Crippen MR) is 66.7 cm³/mol. The highest BCUT2D eigenvalue weighted by Gasteiger charge is 2.29. The van der Waals surface area contributed by atoms with Gasteiger partial charge < -0.3 is 10.6 Å². The zero-order valence-corrected chi connectivity index (χ0v) is 11.4. The van der Waals surface area contributed by atoms with Crippen LogP contribution in [0, 0.1) is 0 Å². The first-order valence-electron chi connectivity index (χ1n) is 4.51. The molecule has 0 saturated carbocycles. The second-order valence-electron chi connectivity index (χ2n) is 4.35. The van der Waals surface area contributed by atoms with Crippen molar-refractivity contribution in [3.8, 4) is 0 Å². The largest absolute Gasteiger partial charge is 0.324 e. The van der Waals surface area contributed by atoms with Crippen LogP contribution in [0.4, 0.5) is 0 Å². The highest BCUT2D eigenvalue weighted by molar-refractivity contribution is 9.10. The molecule has 1 aromatic heterocycles. The third kappa shape index (κ3) is 2.79. The Morgan fingerprint density at radius 2 is 2.07 bits per heavy atom. The van der Waals surface area contributed by atoms with E-state index in [2.05, 4.69) is 60.2 Å². The maximum absolute atomic E-state index is 6.17. The Hall–Kier alpha value is 0.1000. The summed E-state index contributed by atoms with van der Waals surface area (Å²) in [5.41, 5.74) is 5.94. The van der Waals surface area contributed by atoms with Crippen LogP contribution in [0.25, 0.3) is 0 Å². The summed E-state index contributed by atoms with van der Waals surface area (Å²) in [6, 6.07) is 2.41. The summed E-state index contributed by atoms with van der Waals surface area (Å²) < 4.78 is 1.13. The molecule has 2 nitrogen and oxygen atoms in total. The molecule has 0 aliphatic carbocycles. The van der Waals surface area contributed by atoms with Gasteiger partial charge in [0.1, 0.15) is 0 Å². The first-order valence-corrected chi connectivity index (χ1v) is 6.19. The van der Waals surface area contributed by atoms with E-state index in [1.165, 1.54) is 4.88 Å². The van der Waals surface area contributed by atoms with Crippen molar-refractivity contribution in [2.75, 3.05) is 14.1 Å². The molecule has 0 saturated heterocycles. The fourth-order valence-electron chi connectivity index (χ4n) is 1.76. The third-order valence-electron chi connectivity index (χ3n) is 2.08. The highest BCUT2D eigenvalue weighted by atomic mass is 79.9. The summed E-state index contributed by atoms with van der Waals surface area (Å²) >= 11 is 5.21. The molecule has 1 heterocycles. The molecule has 0 amide bonds. The van der Waals surface area contributed by atoms with Gasteiger partial charge in [-0.1, -0.05) is 0 Å². The van der Waals surface area contributed by atoms with Crippen molar-refractivity contribution < 1.29 is 0 Å². The van der Waals surface area contributed by atoms with Gasteiger partial charge in [-0.25, -0.2) is 0 Å². The number of hydrogen-bond donors (Lipinski definition) is 1. The van der Waals surface area contributed by atoms with Gasteiger partial charge in [-0.2, -0.15) is 0 Å². The standard InChI is InChI=1S/C10H17BrN2S/c1-10(2,12)9(13(3)4)8-5-7(11)6-14-8/h5-6,9H,12H2,1-4H3. The molecule has 4 heteroatoms. The van der Waals surface area contributed by atoms with Crippen molar-refractivity contribution in [1.82, 2.24) is 4.90 Å². The number of rotatable bonds is 3. The van der Waals surface area contributed by atoms with Crippen LogP contribution in [0.2, 0.25) is 0 Å². The van der Waals surface area contributed by atoms with Gasteiger partial charge in [0.05, 0.1) is 6.04 Å². The molecular weight excluding hydrogens is 260 g/mol. The Morgan fingerprint density at radius 3 is 2.36 bits per heavy atom. The van der Waals surface area contributed by atoms with Gasteiger partial charge in [0.25, 0.3) is 0 Å². The minimum absolute atomic E-state index is 0.228. The fourth-order valence-corrected chi connectivity index (χ4v) is 3.59. The maximum Gasteiger partial charge on any atom is 0.0612 e. The van der Waals surface area contributed by atoms with E-state index in [4.69, 9.17) is 5.73 Å². The van der Waals surface area contributed by atoms with Crippen molar-refractivity contribution in [3.05, 3.63) is 20.8 Å². The lowest BCUT2D eigenvalue weighted by Crippen LogP contribution is -2.45. The average molecular weight is 277 g/mol. The quantitative estimate of drug-likeness (QED) is 0.920. The van der Waals surface area contributed by atoms with Crippen LogP contribution in [0.3, 0.4) is 0 Å². The summed E-state index contributed by atoms with van der Waals surface area (Å²) in [6.45, 7) is 4.12. The smallest absolute Gasteiger partial charge is 0.0612 e. The van der Waals surface area contributed by atoms with Crippen LogP contribution in [-0.4, -0.2) is 24.5 Å². The second kappa shape index (κ2) is 4.31. The Balaban J connectivity index is 3.01. The maximum atomic E-state index is 6.17. The first-order chi connectivity index (χ1) is 6.32. The normalized spacial score (nSPS) is 14.8. The summed E-state index contributed by atoms with van der Waals surface area (Å²) in [4.78, 5) is 3.47. The van der Waals surface area contributed by atoms with E-state index in [1.807, 2.05) is 0 Å². The van der Waals surface area contributed by atoms with Crippen molar-refractivity contribution in [2.45, 2.75) is 25.4 Å². The Morgan fingerprint density at radius 1 is 1.50 bits per heavy atom. The first kappa shape index (κ1) is 12.2. The number of likely N-dealkylation sites (N-methyl/N-ethyl adjacent to an activating group) is 1. The minimum atomic E-state index is -0.228. The van der Waals surface area contributed by atoms with Crippen molar-refractivity contribution >= 4 is 27.3 Å². The number of nitrogens with zero attached hydrogens (tertiary/aromatic N) is 1. The van der Waals surface area contributed by atoms with Crippen LogP contribution >= 0.6 is 27.3 Å². The lowest BCUT2D eigenvalue weighted by molar-refractivity contribution is 0.208. The summed E-state index contributed by atoms with van der Waals surface area (Å²) in [5, 5.41) is 2.09. The van der Waals surface area contributed by atoms with Crippen LogP contribution < -0.4 is 5.73 Å². The van der Waals surface area contributed by atoms with Crippen molar-refractivity contribution in [3.63, 3.8) is 0 Å². The molecule has 0 spiro atoms. The molecule has 0 aliphatic rings. The molecular formula is C10H17BrN2S. The molecule has 0 aliphatic heterocycles. The van der Waals surface area contributed by atoms with Gasteiger partial charge in [-0.15, -0.1) is 11.3 Å². The van der Waals surface area contributed by atoms with Crippen LogP contribution in [0.15, 0.2) is 15.9 Å². The number of thiophene rings is 1. The monoisotopic (exact) mass is 276 g/mol. The van der Waals surface area contributed by atoms with Gasteiger partial charge in [0.2, 0.25) is 0 Å². The van der Waals surface area contributed by atoms with Gasteiger partial charge in [-0.05, 0) is 49.9 Å². The average Bonchev–Trinajstić information content (AvgIpc) is 2.31. The number of hydrogen-bond acceptors (Lipinski definition) is 3. The van der Waals surface area contributed by atoms with Gasteiger partial charge >= 0.3 is 0 Å². The summed E-state index contributed by atoms with van der Waals surface area (Å²) in [7, 11) is 4.12. The van der Waals surface area contributed by atoms with Crippen molar-refractivity contribution in [2.24, 2.45) is 5.73 Å². The Kier molecular flexibility index (Phi) is 3.75. The molecule has 80 valence electrons. The van der Waals surface area contributed by atoms with Gasteiger partial charge in [0.15, 0.2) is 0 Å². The zero-order chi connectivity index (χ0) is 10.9. The molecule has 0 fully saturated rings. The van der Waals surface area contributed by atoms with Crippen LogP contribution in [0.5, 0.6) is 0 Å². The van der Waals surface area contributed by atoms with E-state index in [9.17, 15) is 0 Å². The zero-order valence-electron chi connectivity index (χ0n) is 9.04. The summed E-state index contributed by atoms with van der Waals surface area (Å²) in [6.07, 6.45) is 0. The molecule has 14 heavy (non-hydrogen) atoms. The van der Waals surface area contributed by atoms with E-state index in [0.717, 1.165) is 4.47 Å². The lowest BCUT2D eigenvalue weighted by Gasteiger charge is -2.35. The molecule has 0 radical (unpaired) electrons. The molecule has 1 unspecified atom stereocenters.